The number of nitrogens with one attached hydrogen (secondary N) is 1. The van der Waals surface area contributed by atoms with E-state index in [1.165, 1.54) is 71.1 Å². The average Bonchev–Trinajstić information content (AvgIpc) is 3.15. The van der Waals surface area contributed by atoms with Crippen molar-refractivity contribution in [3.8, 4) is 0 Å². The van der Waals surface area contributed by atoms with E-state index in [2.05, 4.69) is 37.9 Å². The van der Waals surface area contributed by atoms with Gasteiger partial charge in [0.05, 0.1) is 0 Å². The first-order valence-electron chi connectivity index (χ1n) is 9.45. The Hall–Kier alpha value is -0.0800. The fourth-order valence-electron chi connectivity index (χ4n) is 3.83. The number of nitrogens with zero attached hydrogens (tertiary/aromatic N) is 1. The second-order valence-electron chi connectivity index (χ2n) is 8.62. The van der Waals surface area contributed by atoms with Crippen molar-refractivity contribution in [3.63, 3.8) is 0 Å². The summed E-state index contributed by atoms with van der Waals surface area (Å²) >= 11 is 0. The van der Waals surface area contributed by atoms with Crippen LogP contribution in [0.2, 0.25) is 0 Å². The zero-order chi connectivity index (χ0) is 15.3. The normalized spacial score (nSPS) is 21.9. The summed E-state index contributed by atoms with van der Waals surface area (Å²) < 4.78 is 0. The molecule has 0 bridgehead atoms. The lowest BCUT2D eigenvalue weighted by Crippen LogP contribution is -2.44. The van der Waals surface area contributed by atoms with E-state index in [1.54, 1.807) is 0 Å². The van der Waals surface area contributed by atoms with E-state index >= 15 is 0 Å². The van der Waals surface area contributed by atoms with Crippen LogP contribution in [0.3, 0.4) is 0 Å². The molecule has 0 heterocycles. The second kappa shape index (κ2) is 7.97. The van der Waals surface area contributed by atoms with Crippen molar-refractivity contribution in [2.24, 2.45) is 17.3 Å². The van der Waals surface area contributed by atoms with Gasteiger partial charge in [-0.05, 0) is 62.4 Å². The molecule has 1 N–H and O–H groups in total. The fraction of sp³-hybridized carbons (Fsp3) is 1.00. The van der Waals surface area contributed by atoms with E-state index < -0.39 is 0 Å². The van der Waals surface area contributed by atoms with Gasteiger partial charge in [0.25, 0.3) is 0 Å². The summed E-state index contributed by atoms with van der Waals surface area (Å²) in [5.41, 5.74) is 0.578. The molecule has 2 aliphatic rings. The van der Waals surface area contributed by atoms with Gasteiger partial charge in [-0.1, -0.05) is 40.5 Å². The van der Waals surface area contributed by atoms with Crippen molar-refractivity contribution < 1.29 is 0 Å². The van der Waals surface area contributed by atoms with E-state index in [4.69, 9.17) is 0 Å². The molecule has 0 saturated heterocycles. The lowest BCUT2D eigenvalue weighted by atomic mass is 9.85. The minimum absolute atomic E-state index is 0.578. The summed E-state index contributed by atoms with van der Waals surface area (Å²) in [6.07, 6.45) is 10.1. The topological polar surface area (TPSA) is 15.3 Å². The molecule has 0 aliphatic heterocycles. The van der Waals surface area contributed by atoms with Gasteiger partial charge in [-0.15, -0.1) is 0 Å². The Labute approximate surface area is 133 Å². The highest BCUT2D eigenvalue weighted by Crippen LogP contribution is 2.40. The van der Waals surface area contributed by atoms with E-state index in [1.807, 2.05) is 0 Å². The van der Waals surface area contributed by atoms with Gasteiger partial charge in [0, 0.05) is 19.1 Å². The van der Waals surface area contributed by atoms with E-state index in [0.29, 0.717) is 5.41 Å². The van der Waals surface area contributed by atoms with Crippen LogP contribution >= 0.6 is 0 Å². The van der Waals surface area contributed by atoms with Crippen molar-refractivity contribution in [1.29, 1.82) is 0 Å². The smallest absolute Gasteiger partial charge is 0.00966 e. The molecule has 0 spiro atoms. The predicted molar refractivity (Wildman–Crippen MR) is 92.7 cm³/mol. The van der Waals surface area contributed by atoms with Crippen LogP contribution < -0.4 is 5.32 Å². The van der Waals surface area contributed by atoms with Crippen LogP contribution in [0.15, 0.2) is 0 Å². The molecule has 2 heteroatoms. The first-order valence-corrected chi connectivity index (χ1v) is 9.45. The molecular weight excluding hydrogens is 256 g/mol. The third-order valence-electron chi connectivity index (χ3n) is 5.31. The summed E-state index contributed by atoms with van der Waals surface area (Å²) in [5.74, 6) is 1.61. The summed E-state index contributed by atoms with van der Waals surface area (Å²) in [5, 5.41) is 3.77. The van der Waals surface area contributed by atoms with Gasteiger partial charge < -0.3 is 5.32 Å². The van der Waals surface area contributed by atoms with Crippen LogP contribution in [0, 0.1) is 17.3 Å². The Kier molecular flexibility index (Phi) is 6.55. The molecule has 2 fully saturated rings. The van der Waals surface area contributed by atoms with Crippen LogP contribution in [0.4, 0.5) is 0 Å². The SMILES string of the molecule is CC(C)CCN(CC1(CNCC(C)C)CCCC1)C1CC1. The van der Waals surface area contributed by atoms with Crippen LogP contribution in [-0.4, -0.2) is 37.1 Å². The van der Waals surface area contributed by atoms with Gasteiger partial charge in [0.1, 0.15) is 0 Å². The molecule has 124 valence electrons. The lowest BCUT2D eigenvalue weighted by molar-refractivity contribution is 0.135. The maximum atomic E-state index is 3.77. The molecule has 2 rings (SSSR count). The molecule has 0 aromatic rings. The molecule has 2 saturated carbocycles. The van der Waals surface area contributed by atoms with Crippen LogP contribution in [-0.2, 0) is 0 Å². The van der Waals surface area contributed by atoms with E-state index in [9.17, 15) is 0 Å². The summed E-state index contributed by atoms with van der Waals surface area (Å²) in [6.45, 7) is 14.5. The van der Waals surface area contributed by atoms with Gasteiger partial charge >= 0.3 is 0 Å². The third-order valence-corrected chi connectivity index (χ3v) is 5.31. The molecule has 2 nitrogen and oxygen atoms in total. The highest BCUT2D eigenvalue weighted by Gasteiger charge is 2.39. The van der Waals surface area contributed by atoms with E-state index in [0.717, 1.165) is 17.9 Å². The first kappa shape index (κ1) is 17.3. The quantitative estimate of drug-likeness (QED) is 0.646. The average molecular weight is 295 g/mol. The van der Waals surface area contributed by atoms with E-state index in [-0.39, 0.29) is 0 Å². The highest BCUT2D eigenvalue weighted by molar-refractivity contribution is 4.94. The van der Waals surface area contributed by atoms with Gasteiger partial charge in [-0.2, -0.15) is 0 Å². The summed E-state index contributed by atoms with van der Waals surface area (Å²) in [4.78, 5) is 2.85. The minimum Gasteiger partial charge on any atom is -0.316 e. The van der Waals surface area contributed by atoms with Gasteiger partial charge in [-0.25, -0.2) is 0 Å². The summed E-state index contributed by atoms with van der Waals surface area (Å²) in [6, 6.07) is 0.923. The number of rotatable bonds is 10. The predicted octanol–water partition coefficient (Wildman–Crippen LogP) is 4.30. The maximum Gasteiger partial charge on any atom is 0.00966 e. The molecular formula is C19H38N2. The largest absolute Gasteiger partial charge is 0.316 e. The Morgan fingerprint density at radius 1 is 1.05 bits per heavy atom. The minimum atomic E-state index is 0.578. The van der Waals surface area contributed by atoms with Gasteiger partial charge in [0.15, 0.2) is 0 Å². The molecule has 21 heavy (non-hydrogen) atoms. The third kappa shape index (κ3) is 5.90. The molecule has 0 amide bonds. The Balaban J connectivity index is 1.86. The molecule has 0 unspecified atom stereocenters. The maximum absolute atomic E-state index is 3.77. The fourth-order valence-corrected chi connectivity index (χ4v) is 3.83. The molecule has 0 radical (unpaired) electrons. The van der Waals surface area contributed by atoms with Crippen molar-refractivity contribution in [1.82, 2.24) is 10.2 Å². The summed E-state index contributed by atoms with van der Waals surface area (Å²) in [7, 11) is 0. The Bertz CT molecular complexity index is 288. The van der Waals surface area contributed by atoms with Crippen LogP contribution in [0.5, 0.6) is 0 Å². The standard InChI is InChI=1S/C19H38N2/c1-16(2)9-12-21(18-7-8-18)15-19(10-5-6-11-19)14-20-13-17(3)4/h16-18,20H,5-15H2,1-4H3. The van der Waals surface area contributed by atoms with Crippen molar-refractivity contribution in [3.05, 3.63) is 0 Å². The molecule has 0 atom stereocenters. The Morgan fingerprint density at radius 2 is 1.71 bits per heavy atom. The van der Waals surface area contributed by atoms with Crippen molar-refractivity contribution >= 4 is 0 Å². The zero-order valence-electron chi connectivity index (χ0n) is 15.0. The molecule has 0 aromatic carbocycles. The highest BCUT2D eigenvalue weighted by atomic mass is 15.2. The number of hydrogen-bond acceptors (Lipinski definition) is 2. The van der Waals surface area contributed by atoms with Crippen molar-refractivity contribution in [2.45, 2.75) is 78.7 Å². The second-order valence-corrected chi connectivity index (χ2v) is 8.62. The lowest BCUT2D eigenvalue weighted by Gasteiger charge is -2.36. The molecule has 0 aromatic heterocycles. The number of hydrogen-bond donors (Lipinski definition) is 1. The van der Waals surface area contributed by atoms with Crippen LogP contribution in [0.25, 0.3) is 0 Å². The monoisotopic (exact) mass is 294 g/mol. The Morgan fingerprint density at radius 3 is 2.24 bits per heavy atom. The zero-order valence-corrected chi connectivity index (χ0v) is 15.0. The first-order chi connectivity index (χ1) is 10.0. The van der Waals surface area contributed by atoms with Crippen LogP contribution in [0.1, 0.15) is 72.6 Å². The van der Waals surface area contributed by atoms with Crippen molar-refractivity contribution in [2.75, 3.05) is 26.2 Å². The van der Waals surface area contributed by atoms with Gasteiger partial charge in [-0.3, -0.25) is 4.90 Å². The van der Waals surface area contributed by atoms with Gasteiger partial charge in [0.2, 0.25) is 0 Å². The molecule has 2 aliphatic carbocycles.